The monoisotopic (exact) mass is 770 g/mol. The molecule has 5 rings (SSSR count). The number of rotatable bonds is 17. The van der Waals surface area contributed by atoms with Gasteiger partial charge in [0.25, 0.3) is 0 Å². The van der Waals surface area contributed by atoms with Gasteiger partial charge in [0.15, 0.2) is 11.9 Å². The van der Waals surface area contributed by atoms with Crippen LogP contribution in [0.25, 0.3) is 5.52 Å². The molecule has 0 amide bonds. The zero-order valence-electron chi connectivity index (χ0n) is 31.5. The van der Waals surface area contributed by atoms with Gasteiger partial charge in [-0.1, -0.05) is 45.9 Å². The highest BCUT2D eigenvalue weighted by atomic mass is 31.2. The number of methoxy groups -OCH3 is 1. The lowest BCUT2D eigenvalue weighted by atomic mass is 9.89. The number of carbonyl (C=O) groups excluding carboxylic acids is 3. The highest BCUT2D eigenvalue weighted by Crippen LogP contribution is 2.66. The number of nitrogens with zero attached hydrogens (tertiary/aromatic N) is 4. The zero-order chi connectivity index (χ0) is 39.6. The maximum atomic E-state index is 14.8. The van der Waals surface area contributed by atoms with E-state index in [1.807, 2.05) is 0 Å². The fourth-order valence-electron chi connectivity index (χ4n) is 6.06. The molecule has 2 aliphatic rings. The molecule has 1 saturated carbocycles. The van der Waals surface area contributed by atoms with Gasteiger partial charge in [-0.25, -0.2) is 14.1 Å². The maximum absolute atomic E-state index is 14.8. The van der Waals surface area contributed by atoms with Gasteiger partial charge in [-0.2, -0.15) is 15.4 Å². The first-order valence-electron chi connectivity index (χ1n) is 17.5. The van der Waals surface area contributed by atoms with E-state index in [0.717, 1.165) is 0 Å². The van der Waals surface area contributed by atoms with Crippen molar-refractivity contribution < 1.29 is 51.7 Å². The summed E-state index contributed by atoms with van der Waals surface area (Å²) in [5, 5.41) is 17.8. The van der Waals surface area contributed by atoms with Crippen LogP contribution in [-0.2, 0) is 52.8 Å². The van der Waals surface area contributed by atoms with Crippen molar-refractivity contribution in [2.45, 2.75) is 102 Å². The molecule has 7 atom stereocenters. The Hall–Kier alpha value is -4.59. The second-order valence-electron chi connectivity index (χ2n) is 14.8. The van der Waals surface area contributed by atoms with Crippen LogP contribution in [0.1, 0.15) is 67.0 Å². The van der Waals surface area contributed by atoms with Gasteiger partial charge in [0.05, 0.1) is 11.3 Å². The highest BCUT2D eigenvalue weighted by Gasteiger charge is 2.88. The number of para-hydroxylation sites is 1. The molecule has 2 aromatic heterocycles. The normalized spacial score (nSPS) is 25.0. The van der Waals surface area contributed by atoms with Crippen molar-refractivity contribution in [3.63, 3.8) is 0 Å². The molecule has 1 aliphatic heterocycles. The van der Waals surface area contributed by atoms with E-state index >= 15 is 0 Å². The van der Waals surface area contributed by atoms with E-state index in [-0.39, 0.29) is 48.5 Å². The number of hydrogen-bond donors (Lipinski definition) is 2. The molecule has 2 fully saturated rings. The number of fused-ring (bicyclic) bond motifs is 2. The van der Waals surface area contributed by atoms with Gasteiger partial charge in [-0.3, -0.25) is 18.9 Å². The Kier molecular flexibility index (Phi) is 11.8. The summed E-state index contributed by atoms with van der Waals surface area (Å²) < 4.78 is 57.7. The summed E-state index contributed by atoms with van der Waals surface area (Å²) in [6, 6.07) is 12.0. The quantitative estimate of drug-likeness (QED) is 0.111. The standard InChI is InChI=1S/C36H47N6O11P/c1-21(2)16-27(43)49-33-35(18-37,26-15-14-25-31(38)39-20-40-42(25)26)51-29-30(36(29,33)50-28(44)17-22(3)4)53-54(46,52-24-12-10-9-11-13-24)41-23(5)32(45)48-19-34(6,7)47-8/h9-15,20-23,29-30,33H,16-17,19H2,1-8H3,(H,41,46)(H2,38,39,40)/t23-,29+,30?,33-,35-,36-,54?/m0/s1. The second-order valence-corrected chi connectivity index (χ2v) is 16.4. The first-order valence-corrected chi connectivity index (χ1v) is 19.1. The molecule has 0 bridgehead atoms. The van der Waals surface area contributed by atoms with Crippen LogP contribution in [0.3, 0.4) is 0 Å². The highest BCUT2D eigenvalue weighted by molar-refractivity contribution is 7.52. The molecule has 3 N–H and O–H groups in total. The number of nitriles is 1. The van der Waals surface area contributed by atoms with Crippen LogP contribution in [-0.4, -0.2) is 81.8 Å². The summed E-state index contributed by atoms with van der Waals surface area (Å²) in [5.74, 6) is -2.35. The number of anilines is 1. The lowest BCUT2D eigenvalue weighted by Gasteiger charge is -2.34. The Bertz CT molecular complexity index is 1950. The Labute approximate surface area is 313 Å². The number of ether oxygens (including phenoxy) is 5. The average molecular weight is 771 g/mol. The van der Waals surface area contributed by atoms with E-state index in [4.69, 9.17) is 38.5 Å². The van der Waals surface area contributed by atoms with Gasteiger partial charge < -0.3 is 33.9 Å². The summed E-state index contributed by atoms with van der Waals surface area (Å²) >= 11 is 0. The molecule has 0 radical (unpaired) electrons. The molecule has 2 unspecified atom stereocenters. The van der Waals surface area contributed by atoms with Crippen molar-refractivity contribution in [1.82, 2.24) is 19.7 Å². The van der Waals surface area contributed by atoms with Gasteiger partial charge in [0.2, 0.25) is 11.2 Å². The number of esters is 3. The number of aromatic nitrogens is 3. The van der Waals surface area contributed by atoms with E-state index in [9.17, 15) is 24.2 Å². The minimum Gasteiger partial charge on any atom is -0.461 e. The third kappa shape index (κ3) is 8.23. The molecule has 54 heavy (non-hydrogen) atoms. The van der Waals surface area contributed by atoms with Gasteiger partial charge in [0, 0.05) is 20.0 Å². The zero-order valence-corrected chi connectivity index (χ0v) is 32.4. The second kappa shape index (κ2) is 15.6. The SMILES string of the molecule is COC(C)(C)COC(=O)[C@H](C)NP(=O)(Oc1ccccc1)OC1[C@H]2O[C@@](C#N)(c3ccc4c(N)ncnn34)[C@H](OC(=O)CC(C)C)[C@@]12OC(=O)CC(C)C. The Balaban J connectivity index is 1.58. The van der Waals surface area contributed by atoms with Crippen LogP contribution >= 0.6 is 7.75 Å². The van der Waals surface area contributed by atoms with E-state index < -0.39 is 66.8 Å². The van der Waals surface area contributed by atoms with Crippen molar-refractivity contribution >= 4 is 37.0 Å². The predicted octanol–water partition coefficient (Wildman–Crippen LogP) is 4.25. The number of carbonyl (C=O) groups is 3. The van der Waals surface area contributed by atoms with Crippen molar-refractivity contribution in [1.29, 1.82) is 5.26 Å². The van der Waals surface area contributed by atoms with Crippen molar-refractivity contribution in [3.8, 4) is 11.8 Å². The van der Waals surface area contributed by atoms with E-state index in [1.54, 1.807) is 65.8 Å². The predicted molar refractivity (Wildman–Crippen MR) is 191 cm³/mol. The number of nitrogen functional groups attached to an aromatic ring is 1. The molecule has 1 aliphatic carbocycles. The Morgan fingerprint density at radius 1 is 1.07 bits per heavy atom. The van der Waals surface area contributed by atoms with Crippen LogP contribution < -0.4 is 15.3 Å². The average Bonchev–Trinajstić information content (AvgIpc) is 3.35. The molecule has 292 valence electrons. The third-order valence-corrected chi connectivity index (χ3v) is 10.6. The van der Waals surface area contributed by atoms with E-state index in [0.29, 0.717) is 5.52 Å². The van der Waals surface area contributed by atoms with Crippen molar-refractivity contribution in [2.24, 2.45) is 11.8 Å². The first kappa shape index (κ1) is 40.6. The molecule has 3 heterocycles. The minimum absolute atomic E-state index is 0.0646. The summed E-state index contributed by atoms with van der Waals surface area (Å²) in [7, 11) is -3.17. The summed E-state index contributed by atoms with van der Waals surface area (Å²) in [6.45, 7) is 12.0. The van der Waals surface area contributed by atoms with Gasteiger partial charge in [-0.15, -0.1) is 0 Å². The smallest absolute Gasteiger partial charge is 0.459 e. The molecule has 3 aromatic rings. The summed E-state index contributed by atoms with van der Waals surface area (Å²) in [5.41, 5.74) is 1.55. The summed E-state index contributed by atoms with van der Waals surface area (Å²) in [6.07, 6.45) is -3.43. The number of nitrogens with two attached hydrogens (primary N) is 1. The Morgan fingerprint density at radius 3 is 2.37 bits per heavy atom. The molecule has 0 spiro atoms. The minimum atomic E-state index is -4.64. The topological polar surface area (TPSA) is 225 Å². The molecule has 1 aromatic carbocycles. The van der Waals surface area contributed by atoms with Gasteiger partial charge in [-0.05, 0) is 56.9 Å². The maximum Gasteiger partial charge on any atom is 0.459 e. The van der Waals surface area contributed by atoms with E-state index in [1.165, 1.54) is 43.1 Å². The molecule has 18 heteroatoms. The van der Waals surface area contributed by atoms with Crippen molar-refractivity contribution in [2.75, 3.05) is 19.5 Å². The van der Waals surface area contributed by atoms with Crippen LogP contribution in [0.15, 0.2) is 48.8 Å². The molecular weight excluding hydrogens is 723 g/mol. The van der Waals surface area contributed by atoms with Gasteiger partial charge >= 0.3 is 25.7 Å². The summed E-state index contributed by atoms with van der Waals surface area (Å²) in [4.78, 5) is 44.2. The van der Waals surface area contributed by atoms with Crippen molar-refractivity contribution in [3.05, 3.63) is 54.5 Å². The van der Waals surface area contributed by atoms with E-state index in [2.05, 4.69) is 21.2 Å². The lowest BCUT2D eigenvalue weighted by Crippen LogP contribution is -2.52. The van der Waals surface area contributed by atoms with Crippen LogP contribution in [0.5, 0.6) is 5.75 Å². The largest absolute Gasteiger partial charge is 0.461 e. The third-order valence-electron chi connectivity index (χ3n) is 8.91. The van der Waals surface area contributed by atoms with Crippen LogP contribution in [0.4, 0.5) is 5.82 Å². The molecule has 17 nitrogen and oxygen atoms in total. The number of benzene rings is 1. The fourth-order valence-corrected chi connectivity index (χ4v) is 7.77. The van der Waals surface area contributed by atoms with Crippen LogP contribution in [0.2, 0.25) is 0 Å². The number of nitrogens with one attached hydrogen (secondary N) is 1. The lowest BCUT2D eigenvalue weighted by molar-refractivity contribution is -0.184. The number of hydrogen-bond acceptors (Lipinski definition) is 15. The Morgan fingerprint density at radius 2 is 1.74 bits per heavy atom. The molecular formula is C36H47N6O11P. The first-order chi connectivity index (χ1) is 25.4. The fraction of sp³-hybridized carbons (Fsp3) is 0.556. The van der Waals surface area contributed by atoms with Gasteiger partial charge in [0.1, 0.15) is 48.5 Å². The molecule has 1 saturated heterocycles. The van der Waals surface area contributed by atoms with Crippen LogP contribution in [0, 0.1) is 23.2 Å².